The summed E-state index contributed by atoms with van der Waals surface area (Å²) in [5, 5.41) is 13.6. The van der Waals surface area contributed by atoms with Gasteiger partial charge in [0, 0.05) is 23.1 Å². The fourth-order valence-electron chi connectivity index (χ4n) is 2.87. The lowest BCUT2D eigenvalue weighted by Crippen LogP contribution is -2.45. The molecular weight excluding hydrogens is 344 g/mol. The minimum atomic E-state index is -0.677. The van der Waals surface area contributed by atoms with E-state index in [1.165, 1.54) is 11.8 Å². The van der Waals surface area contributed by atoms with Crippen molar-refractivity contribution < 1.29 is 4.79 Å². The summed E-state index contributed by atoms with van der Waals surface area (Å²) in [6.07, 6.45) is 6.99. The Morgan fingerprint density at radius 2 is 2.08 bits per heavy atom. The number of hydrogen-bond acceptors (Lipinski definition) is 4. The number of nitrogens with one attached hydrogen (secondary N) is 1. The zero-order valence-electron chi connectivity index (χ0n) is 13.0. The van der Waals surface area contributed by atoms with Gasteiger partial charge in [-0.2, -0.15) is 5.26 Å². The SMILES string of the molecule is N#CC1(NC(=O)CSc2nccn2-c2ccc(Cl)cc2)CCCC1. The average molecular weight is 361 g/mol. The lowest BCUT2D eigenvalue weighted by atomic mass is 10.0. The monoisotopic (exact) mass is 360 g/mol. The third kappa shape index (κ3) is 3.74. The Morgan fingerprint density at radius 1 is 1.38 bits per heavy atom. The van der Waals surface area contributed by atoms with Crippen LogP contribution in [0.1, 0.15) is 25.7 Å². The highest BCUT2D eigenvalue weighted by Crippen LogP contribution is 2.29. The summed E-state index contributed by atoms with van der Waals surface area (Å²) in [4.78, 5) is 16.5. The van der Waals surface area contributed by atoms with Crippen LogP contribution in [-0.4, -0.2) is 26.8 Å². The topological polar surface area (TPSA) is 70.7 Å². The van der Waals surface area contributed by atoms with Gasteiger partial charge in [0.05, 0.1) is 11.8 Å². The number of nitrogens with zero attached hydrogens (tertiary/aromatic N) is 3. The molecule has 0 unspecified atom stereocenters. The van der Waals surface area contributed by atoms with E-state index in [1.54, 1.807) is 6.20 Å². The summed E-state index contributed by atoms with van der Waals surface area (Å²) >= 11 is 7.26. The third-order valence-corrected chi connectivity index (χ3v) is 5.31. The van der Waals surface area contributed by atoms with Crippen molar-refractivity contribution in [3.05, 3.63) is 41.7 Å². The highest BCUT2D eigenvalue weighted by molar-refractivity contribution is 7.99. The van der Waals surface area contributed by atoms with Crippen molar-refractivity contribution in [1.82, 2.24) is 14.9 Å². The molecule has 1 aromatic heterocycles. The second-order valence-corrected chi connectivity index (χ2v) is 7.17. The first kappa shape index (κ1) is 16.9. The number of aromatic nitrogens is 2. The van der Waals surface area contributed by atoms with E-state index in [0.29, 0.717) is 5.02 Å². The molecule has 24 heavy (non-hydrogen) atoms. The van der Waals surface area contributed by atoms with Crippen molar-refractivity contribution in [2.75, 3.05) is 5.75 Å². The van der Waals surface area contributed by atoms with Crippen LogP contribution >= 0.6 is 23.4 Å². The summed E-state index contributed by atoms with van der Waals surface area (Å²) < 4.78 is 1.91. The summed E-state index contributed by atoms with van der Waals surface area (Å²) in [7, 11) is 0. The number of nitriles is 1. The number of thioether (sulfide) groups is 1. The van der Waals surface area contributed by atoms with Crippen LogP contribution in [0.4, 0.5) is 0 Å². The van der Waals surface area contributed by atoms with Crippen LogP contribution in [0.3, 0.4) is 0 Å². The Morgan fingerprint density at radius 3 is 2.75 bits per heavy atom. The Hall–Kier alpha value is -1.97. The van der Waals surface area contributed by atoms with Gasteiger partial charge in [-0.15, -0.1) is 0 Å². The van der Waals surface area contributed by atoms with Gasteiger partial charge in [-0.05, 0) is 49.9 Å². The van der Waals surface area contributed by atoms with E-state index in [4.69, 9.17) is 11.6 Å². The van der Waals surface area contributed by atoms with Gasteiger partial charge >= 0.3 is 0 Å². The summed E-state index contributed by atoms with van der Waals surface area (Å²) in [6.45, 7) is 0. The lowest BCUT2D eigenvalue weighted by Gasteiger charge is -2.21. The number of carbonyl (C=O) groups is 1. The number of rotatable bonds is 5. The number of benzene rings is 1. The number of carbonyl (C=O) groups excluding carboxylic acids is 1. The molecule has 0 radical (unpaired) electrons. The Kier molecular flexibility index (Phi) is 5.12. The van der Waals surface area contributed by atoms with Gasteiger partial charge in [-0.1, -0.05) is 23.4 Å². The van der Waals surface area contributed by atoms with Crippen LogP contribution in [0.15, 0.2) is 41.8 Å². The van der Waals surface area contributed by atoms with Crippen LogP contribution in [-0.2, 0) is 4.79 Å². The highest BCUT2D eigenvalue weighted by Gasteiger charge is 2.35. The molecule has 1 fully saturated rings. The van der Waals surface area contributed by atoms with E-state index in [9.17, 15) is 10.1 Å². The van der Waals surface area contributed by atoms with E-state index in [1.807, 2.05) is 35.0 Å². The standard InChI is InChI=1S/C17H17ClN4OS/c18-13-3-5-14(6-4-13)22-10-9-20-16(22)24-11-15(23)21-17(12-19)7-1-2-8-17/h3-6,9-10H,1-2,7-8,11H2,(H,21,23). The van der Waals surface area contributed by atoms with Gasteiger partial charge in [0.25, 0.3) is 0 Å². The molecule has 0 saturated heterocycles. The molecule has 1 saturated carbocycles. The van der Waals surface area contributed by atoms with Gasteiger partial charge in [0.15, 0.2) is 5.16 Å². The fraction of sp³-hybridized carbons (Fsp3) is 0.353. The van der Waals surface area contributed by atoms with Crippen molar-refractivity contribution in [1.29, 1.82) is 5.26 Å². The first-order valence-corrected chi connectivity index (χ1v) is 9.13. The number of hydrogen-bond donors (Lipinski definition) is 1. The molecule has 0 bridgehead atoms. The average Bonchev–Trinajstić information content (AvgIpc) is 3.23. The van der Waals surface area contributed by atoms with Gasteiger partial charge in [-0.3, -0.25) is 9.36 Å². The molecule has 5 nitrogen and oxygen atoms in total. The molecule has 7 heteroatoms. The minimum Gasteiger partial charge on any atom is -0.337 e. The molecule has 2 aromatic rings. The molecule has 1 aromatic carbocycles. The molecule has 1 N–H and O–H groups in total. The third-order valence-electron chi connectivity index (χ3n) is 4.09. The fourth-order valence-corrected chi connectivity index (χ4v) is 3.77. The smallest absolute Gasteiger partial charge is 0.231 e. The van der Waals surface area contributed by atoms with Gasteiger partial charge in [0.1, 0.15) is 5.54 Å². The van der Waals surface area contributed by atoms with E-state index < -0.39 is 5.54 Å². The Balaban J connectivity index is 1.63. The van der Waals surface area contributed by atoms with Gasteiger partial charge < -0.3 is 5.32 Å². The maximum absolute atomic E-state index is 12.2. The molecule has 0 aliphatic heterocycles. The molecule has 1 amide bonds. The first-order chi connectivity index (χ1) is 11.6. The molecule has 1 aliphatic rings. The normalized spacial score (nSPS) is 15.8. The van der Waals surface area contributed by atoms with Gasteiger partial charge in [-0.25, -0.2) is 4.98 Å². The molecule has 1 heterocycles. The van der Waals surface area contributed by atoms with Gasteiger partial charge in [0.2, 0.25) is 5.91 Å². The first-order valence-electron chi connectivity index (χ1n) is 7.76. The maximum Gasteiger partial charge on any atom is 0.231 e. The summed E-state index contributed by atoms with van der Waals surface area (Å²) in [5.74, 6) is 0.0997. The quantitative estimate of drug-likeness (QED) is 0.827. The zero-order valence-corrected chi connectivity index (χ0v) is 14.6. The van der Waals surface area contributed by atoms with E-state index in [0.717, 1.165) is 36.5 Å². The summed E-state index contributed by atoms with van der Waals surface area (Å²) in [6, 6.07) is 9.70. The van der Waals surface area contributed by atoms with Crippen LogP contribution in [0.2, 0.25) is 5.02 Å². The second-order valence-electron chi connectivity index (χ2n) is 5.79. The number of imidazole rings is 1. The van der Waals surface area contributed by atoms with Crippen molar-refractivity contribution in [3.63, 3.8) is 0 Å². The molecule has 0 spiro atoms. The highest BCUT2D eigenvalue weighted by atomic mass is 35.5. The lowest BCUT2D eigenvalue weighted by molar-refractivity contribution is -0.119. The summed E-state index contributed by atoms with van der Waals surface area (Å²) in [5.41, 5.74) is 0.257. The predicted octanol–water partition coefficient (Wildman–Crippen LogP) is 3.57. The molecular formula is C17H17ClN4OS. The van der Waals surface area contributed by atoms with Crippen LogP contribution in [0.5, 0.6) is 0 Å². The van der Waals surface area contributed by atoms with Crippen molar-refractivity contribution in [2.45, 2.75) is 36.4 Å². The van der Waals surface area contributed by atoms with Crippen LogP contribution < -0.4 is 5.32 Å². The van der Waals surface area contributed by atoms with Crippen LogP contribution in [0.25, 0.3) is 5.69 Å². The molecule has 124 valence electrons. The Labute approximate surface area is 150 Å². The molecule has 1 aliphatic carbocycles. The van der Waals surface area contributed by atoms with Crippen molar-refractivity contribution in [3.8, 4) is 11.8 Å². The second kappa shape index (κ2) is 7.29. The zero-order chi connectivity index (χ0) is 17.0. The molecule has 0 atom stereocenters. The van der Waals surface area contributed by atoms with Crippen molar-refractivity contribution in [2.24, 2.45) is 0 Å². The maximum atomic E-state index is 12.2. The number of amides is 1. The van der Waals surface area contributed by atoms with E-state index in [2.05, 4.69) is 16.4 Å². The predicted molar refractivity (Wildman–Crippen MR) is 94.3 cm³/mol. The van der Waals surface area contributed by atoms with E-state index >= 15 is 0 Å². The van der Waals surface area contributed by atoms with E-state index in [-0.39, 0.29) is 11.7 Å². The largest absolute Gasteiger partial charge is 0.337 e. The Bertz CT molecular complexity index is 760. The van der Waals surface area contributed by atoms with Crippen LogP contribution in [0, 0.1) is 11.3 Å². The minimum absolute atomic E-state index is 0.130. The van der Waals surface area contributed by atoms with Crippen molar-refractivity contribution >= 4 is 29.3 Å². The number of halogens is 1. The molecule has 3 rings (SSSR count).